The van der Waals surface area contributed by atoms with Gasteiger partial charge in [0.05, 0.1) is 36.6 Å². The molecule has 1 aromatic heterocycles. The molecular formula is C13H5Cl6NO2. The second-order valence-electron chi connectivity index (χ2n) is 4.16. The van der Waals surface area contributed by atoms with Crippen LogP contribution in [0.25, 0.3) is 11.1 Å². The molecule has 1 heterocycles. The lowest BCUT2D eigenvalue weighted by atomic mass is 9.99. The van der Waals surface area contributed by atoms with Crippen LogP contribution in [-0.4, -0.2) is 16.1 Å². The van der Waals surface area contributed by atoms with Crippen LogP contribution >= 0.6 is 69.6 Å². The summed E-state index contributed by atoms with van der Waals surface area (Å²) in [6.07, 6.45) is 2.36. The van der Waals surface area contributed by atoms with Crippen LogP contribution in [0.5, 0.6) is 0 Å². The Kier molecular flexibility index (Phi) is 5.70. The number of rotatable bonds is 3. The lowest BCUT2D eigenvalue weighted by Crippen LogP contribution is -2.04. The molecule has 0 atom stereocenters. The largest absolute Gasteiger partial charge is 0.481 e. The first-order chi connectivity index (χ1) is 10.3. The van der Waals surface area contributed by atoms with Crippen LogP contribution in [0.4, 0.5) is 0 Å². The summed E-state index contributed by atoms with van der Waals surface area (Å²) in [6, 6.07) is 0. The Bertz CT molecular complexity index is 749. The van der Waals surface area contributed by atoms with Crippen LogP contribution in [-0.2, 0) is 11.2 Å². The van der Waals surface area contributed by atoms with Gasteiger partial charge in [-0.25, -0.2) is 0 Å². The molecule has 2 aromatic rings. The Balaban J connectivity index is 2.84. The lowest BCUT2D eigenvalue weighted by Gasteiger charge is -2.15. The maximum absolute atomic E-state index is 11.0. The molecule has 0 fully saturated rings. The molecule has 2 rings (SSSR count). The monoisotopic (exact) mass is 417 g/mol. The van der Waals surface area contributed by atoms with E-state index in [4.69, 9.17) is 74.7 Å². The van der Waals surface area contributed by atoms with Crippen molar-refractivity contribution in [3.05, 3.63) is 48.1 Å². The van der Waals surface area contributed by atoms with Gasteiger partial charge in [-0.15, -0.1) is 0 Å². The van der Waals surface area contributed by atoms with Crippen molar-refractivity contribution in [1.82, 2.24) is 4.98 Å². The van der Waals surface area contributed by atoms with Gasteiger partial charge < -0.3 is 5.11 Å². The van der Waals surface area contributed by atoms with Crippen molar-refractivity contribution in [2.75, 3.05) is 0 Å². The van der Waals surface area contributed by atoms with E-state index in [0.717, 1.165) is 0 Å². The minimum absolute atomic E-state index is 0.00832. The van der Waals surface area contributed by atoms with Gasteiger partial charge in [-0.05, 0) is 5.56 Å². The fourth-order valence-electron chi connectivity index (χ4n) is 1.85. The second-order valence-corrected chi connectivity index (χ2v) is 6.46. The molecule has 0 aliphatic carbocycles. The van der Waals surface area contributed by atoms with E-state index in [1.165, 1.54) is 12.4 Å². The number of nitrogens with zero attached hydrogens (tertiary/aromatic N) is 1. The number of aliphatic carboxylic acids is 1. The van der Waals surface area contributed by atoms with Crippen LogP contribution in [0.2, 0.25) is 30.1 Å². The number of hydrogen-bond acceptors (Lipinski definition) is 2. The fraction of sp³-hybridized carbons (Fsp3) is 0.0769. The topological polar surface area (TPSA) is 50.2 Å². The predicted octanol–water partition coefficient (Wildman–Crippen LogP) is 6.30. The van der Waals surface area contributed by atoms with Gasteiger partial charge in [-0.3, -0.25) is 9.78 Å². The third-order valence-electron chi connectivity index (χ3n) is 2.81. The van der Waals surface area contributed by atoms with Crippen molar-refractivity contribution in [3.8, 4) is 11.1 Å². The number of halogens is 6. The average molecular weight is 420 g/mol. The molecule has 116 valence electrons. The van der Waals surface area contributed by atoms with E-state index in [-0.39, 0.29) is 42.1 Å². The molecule has 9 heteroatoms. The zero-order chi connectivity index (χ0) is 16.6. The molecule has 0 bridgehead atoms. The summed E-state index contributed by atoms with van der Waals surface area (Å²) >= 11 is 36.4. The number of benzene rings is 1. The van der Waals surface area contributed by atoms with Crippen molar-refractivity contribution in [3.63, 3.8) is 0 Å². The summed E-state index contributed by atoms with van der Waals surface area (Å²) in [7, 11) is 0. The van der Waals surface area contributed by atoms with Crippen LogP contribution < -0.4 is 0 Å². The molecule has 3 nitrogen and oxygen atoms in total. The smallest absolute Gasteiger partial charge is 0.307 e. The van der Waals surface area contributed by atoms with Gasteiger partial charge >= 0.3 is 5.97 Å². The van der Waals surface area contributed by atoms with Gasteiger partial charge in [-0.2, -0.15) is 0 Å². The number of carboxylic acid groups (broad SMARTS) is 1. The minimum atomic E-state index is -1.08. The van der Waals surface area contributed by atoms with Crippen LogP contribution in [0.1, 0.15) is 5.56 Å². The van der Waals surface area contributed by atoms with Gasteiger partial charge in [0.25, 0.3) is 0 Å². The minimum Gasteiger partial charge on any atom is -0.481 e. The quantitative estimate of drug-likeness (QED) is 0.469. The fourth-order valence-corrected chi connectivity index (χ4v) is 3.42. The molecule has 0 spiro atoms. The second kappa shape index (κ2) is 7.00. The predicted molar refractivity (Wildman–Crippen MR) is 91.1 cm³/mol. The third-order valence-corrected chi connectivity index (χ3v) is 5.41. The summed E-state index contributed by atoms with van der Waals surface area (Å²) < 4.78 is 0. The normalized spacial score (nSPS) is 10.8. The summed E-state index contributed by atoms with van der Waals surface area (Å²) in [5.41, 5.74) is 0.849. The number of carbonyl (C=O) groups is 1. The molecular weight excluding hydrogens is 415 g/mol. The third kappa shape index (κ3) is 3.25. The van der Waals surface area contributed by atoms with Gasteiger partial charge in [-0.1, -0.05) is 69.6 Å². The first-order valence-electron chi connectivity index (χ1n) is 5.61. The zero-order valence-electron chi connectivity index (χ0n) is 10.4. The summed E-state index contributed by atoms with van der Waals surface area (Å²) in [4.78, 5) is 15.0. The molecule has 0 amide bonds. The summed E-state index contributed by atoms with van der Waals surface area (Å²) in [5.74, 6) is -1.08. The number of carboxylic acids is 1. The van der Waals surface area contributed by atoms with E-state index in [1.807, 2.05) is 0 Å². The van der Waals surface area contributed by atoms with Crippen molar-refractivity contribution in [1.29, 1.82) is 0 Å². The van der Waals surface area contributed by atoms with E-state index >= 15 is 0 Å². The molecule has 0 radical (unpaired) electrons. The number of pyridine rings is 1. The Morgan fingerprint density at radius 1 is 0.909 bits per heavy atom. The van der Waals surface area contributed by atoms with E-state index in [9.17, 15) is 4.79 Å². The van der Waals surface area contributed by atoms with Gasteiger partial charge in [0, 0.05) is 23.5 Å². The molecule has 0 saturated carbocycles. The SMILES string of the molecule is O=C(O)Cc1c(Cl)cncc1-c1c(Cl)c(Cl)c(Cl)c(Cl)c1Cl. The van der Waals surface area contributed by atoms with Gasteiger partial charge in [0.1, 0.15) is 0 Å². The van der Waals surface area contributed by atoms with Gasteiger partial charge in [0.15, 0.2) is 0 Å². The molecule has 0 saturated heterocycles. The molecule has 0 aliphatic rings. The van der Waals surface area contributed by atoms with Crippen LogP contribution in [0, 0.1) is 0 Å². The molecule has 0 aliphatic heterocycles. The highest BCUT2D eigenvalue weighted by molar-refractivity contribution is 6.56. The highest BCUT2D eigenvalue weighted by Gasteiger charge is 2.24. The van der Waals surface area contributed by atoms with Crippen molar-refractivity contribution < 1.29 is 9.90 Å². The van der Waals surface area contributed by atoms with Crippen molar-refractivity contribution in [2.24, 2.45) is 0 Å². The molecule has 0 unspecified atom stereocenters. The van der Waals surface area contributed by atoms with E-state index in [2.05, 4.69) is 4.98 Å². The number of hydrogen-bond donors (Lipinski definition) is 1. The molecule has 22 heavy (non-hydrogen) atoms. The van der Waals surface area contributed by atoms with Crippen LogP contribution in [0.15, 0.2) is 12.4 Å². The van der Waals surface area contributed by atoms with Crippen molar-refractivity contribution in [2.45, 2.75) is 6.42 Å². The standard InChI is InChI=1S/C13H5Cl6NO2/c14-6-3-20-2-5(4(6)1-7(21)22)8-9(15)11(17)13(19)12(18)10(8)16/h2-3H,1H2,(H,21,22). The Labute approximate surface area is 155 Å². The van der Waals surface area contributed by atoms with E-state index in [0.29, 0.717) is 11.1 Å². The first-order valence-corrected chi connectivity index (χ1v) is 7.88. The zero-order valence-corrected chi connectivity index (χ0v) is 15.0. The maximum Gasteiger partial charge on any atom is 0.307 e. The number of aromatic nitrogens is 1. The summed E-state index contributed by atoms with van der Waals surface area (Å²) in [5, 5.41) is 9.30. The van der Waals surface area contributed by atoms with E-state index < -0.39 is 5.97 Å². The van der Waals surface area contributed by atoms with Gasteiger partial charge in [0.2, 0.25) is 0 Å². The lowest BCUT2D eigenvalue weighted by molar-refractivity contribution is -0.136. The Morgan fingerprint density at radius 3 is 1.91 bits per heavy atom. The average Bonchev–Trinajstić information content (AvgIpc) is 2.46. The Hall–Kier alpha value is -0.420. The van der Waals surface area contributed by atoms with Crippen LogP contribution in [0.3, 0.4) is 0 Å². The Morgan fingerprint density at radius 2 is 1.41 bits per heavy atom. The van der Waals surface area contributed by atoms with E-state index in [1.54, 1.807) is 0 Å². The maximum atomic E-state index is 11.0. The van der Waals surface area contributed by atoms with Crippen molar-refractivity contribution >= 4 is 75.6 Å². The highest BCUT2D eigenvalue weighted by atomic mass is 35.5. The summed E-state index contributed by atoms with van der Waals surface area (Å²) in [6.45, 7) is 0. The molecule has 1 aromatic carbocycles. The first kappa shape index (κ1) is 17.9. The molecule has 1 N–H and O–H groups in total. The highest BCUT2D eigenvalue weighted by Crippen LogP contribution is 2.49.